The highest BCUT2D eigenvalue weighted by atomic mass is 16.3. The van der Waals surface area contributed by atoms with Gasteiger partial charge in [-0.15, -0.1) is 0 Å². The van der Waals surface area contributed by atoms with Crippen LogP contribution in [0.1, 0.15) is 21.7 Å². The molecule has 1 amide bonds. The van der Waals surface area contributed by atoms with E-state index in [0.717, 1.165) is 11.4 Å². The number of furan rings is 1. The molecule has 1 N–H and O–H groups in total. The van der Waals surface area contributed by atoms with Crippen molar-refractivity contribution in [2.24, 2.45) is 0 Å². The van der Waals surface area contributed by atoms with E-state index in [0.29, 0.717) is 17.2 Å². The SMILES string of the molecule is Cc1nc(N(C)C)nc(C)c1NC(=O)c1ccoc1. The van der Waals surface area contributed by atoms with Crippen molar-refractivity contribution in [2.45, 2.75) is 13.8 Å². The Labute approximate surface area is 111 Å². The van der Waals surface area contributed by atoms with Crippen LogP contribution in [0.5, 0.6) is 0 Å². The van der Waals surface area contributed by atoms with Gasteiger partial charge in [-0.25, -0.2) is 9.97 Å². The predicted octanol–water partition coefficient (Wildman–Crippen LogP) is 2.00. The van der Waals surface area contributed by atoms with Crippen LogP contribution in [0.15, 0.2) is 23.0 Å². The van der Waals surface area contributed by atoms with Crippen LogP contribution in [0, 0.1) is 13.8 Å². The van der Waals surface area contributed by atoms with Gasteiger partial charge in [0.1, 0.15) is 6.26 Å². The average Bonchev–Trinajstić information content (AvgIpc) is 2.86. The highest BCUT2D eigenvalue weighted by Crippen LogP contribution is 2.20. The molecule has 0 fully saturated rings. The summed E-state index contributed by atoms with van der Waals surface area (Å²) in [7, 11) is 3.75. The fraction of sp³-hybridized carbons (Fsp3) is 0.308. The Morgan fingerprint density at radius 1 is 1.26 bits per heavy atom. The summed E-state index contributed by atoms with van der Waals surface area (Å²) in [4.78, 5) is 22.5. The smallest absolute Gasteiger partial charge is 0.259 e. The number of amides is 1. The fourth-order valence-electron chi connectivity index (χ4n) is 1.66. The zero-order valence-electron chi connectivity index (χ0n) is 11.4. The van der Waals surface area contributed by atoms with E-state index >= 15 is 0 Å². The lowest BCUT2D eigenvalue weighted by Gasteiger charge is -2.15. The van der Waals surface area contributed by atoms with Gasteiger partial charge >= 0.3 is 0 Å². The van der Waals surface area contributed by atoms with Gasteiger partial charge in [0.15, 0.2) is 0 Å². The molecule has 0 unspecified atom stereocenters. The predicted molar refractivity (Wildman–Crippen MR) is 72.5 cm³/mol. The van der Waals surface area contributed by atoms with Crippen LogP contribution in [-0.2, 0) is 0 Å². The summed E-state index contributed by atoms with van der Waals surface area (Å²) < 4.78 is 4.89. The Kier molecular flexibility index (Phi) is 3.50. The van der Waals surface area contributed by atoms with Gasteiger partial charge in [0.2, 0.25) is 5.95 Å². The molecule has 6 heteroatoms. The molecular formula is C13H16N4O2. The van der Waals surface area contributed by atoms with Crippen molar-refractivity contribution < 1.29 is 9.21 Å². The quantitative estimate of drug-likeness (QED) is 0.914. The molecule has 6 nitrogen and oxygen atoms in total. The van der Waals surface area contributed by atoms with E-state index < -0.39 is 0 Å². The minimum atomic E-state index is -0.235. The van der Waals surface area contributed by atoms with Crippen LogP contribution in [0.3, 0.4) is 0 Å². The third kappa shape index (κ3) is 2.73. The zero-order chi connectivity index (χ0) is 14.0. The lowest BCUT2D eigenvalue weighted by Crippen LogP contribution is -2.18. The summed E-state index contributed by atoms with van der Waals surface area (Å²) in [5, 5.41) is 2.80. The van der Waals surface area contributed by atoms with Gasteiger partial charge in [0.05, 0.1) is 28.9 Å². The zero-order valence-corrected chi connectivity index (χ0v) is 11.4. The molecule has 2 heterocycles. The molecule has 0 atom stereocenters. The van der Waals surface area contributed by atoms with Gasteiger partial charge in [-0.05, 0) is 19.9 Å². The second-order valence-electron chi connectivity index (χ2n) is 4.43. The molecule has 100 valence electrons. The maximum absolute atomic E-state index is 12.0. The van der Waals surface area contributed by atoms with Crippen molar-refractivity contribution in [3.63, 3.8) is 0 Å². The monoisotopic (exact) mass is 260 g/mol. The number of aromatic nitrogens is 2. The first kappa shape index (κ1) is 13.1. The molecule has 0 aliphatic rings. The molecule has 0 saturated carbocycles. The fourth-order valence-corrected chi connectivity index (χ4v) is 1.66. The van der Waals surface area contributed by atoms with Crippen molar-refractivity contribution in [3.8, 4) is 0 Å². The van der Waals surface area contributed by atoms with E-state index in [1.54, 1.807) is 6.07 Å². The Hall–Kier alpha value is -2.37. The first-order valence-corrected chi connectivity index (χ1v) is 5.85. The Morgan fingerprint density at radius 3 is 2.37 bits per heavy atom. The lowest BCUT2D eigenvalue weighted by molar-refractivity contribution is 0.102. The van der Waals surface area contributed by atoms with Gasteiger partial charge < -0.3 is 14.6 Å². The third-order valence-corrected chi connectivity index (χ3v) is 2.68. The van der Waals surface area contributed by atoms with Gasteiger partial charge in [-0.1, -0.05) is 0 Å². The van der Waals surface area contributed by atoms with Gasteiger partial charge in [-0.3, -0.25) is 4.79 Å². The molecule has 2 aromatic rings. The van der Waals surface area contributed by atoms with Crippen molar-refractivity contribution in [3.05, 3.63) is 35.5 Å². The number of hydrogen-bond donors (Lipinski definition) is 1. The van der Waals surface area contributed by atoms with Crippen LogP contribution >= 0.6 is 0 Å². The van der Waals surface area contributed by atoms with Gasteiger partial charge in [-0.2, -0.15) is 0 Å². The van der Waals surface area contributed by atoms with Crippen LogP contribution < -0.4 is 10.2 Å². The summed E-state index contributed by atoms with van der Waals surface area (Å²) in [5.41, 5.74) is 2.56. The van der Waals surface area contributed by atoms with E-state index in [1.807, 2.05) is 32.8 Å². The Bertz CT molecular complexity index is 568. The first-order chi connectivity index (χ1) is 8.99. The number of anilines is 2. The van der Waals surface area contributed by atoms with Crippen LogP contribution in [-0.4, -0.2) is 30.0 Å². The normalized spacial score (nSPS) is 10.3. The largest absolute Gasteiger partial charge is 0.472 e. The highest BCUT2D eigenvalue weighted by Gasteiger charge is 2.14. The number of rotatable bonds is 3. The van der Waals surface area contributed by atoms with Crippen molar-refractivity contribution >= 4 is 17.5 Å². The molecule has 0 radical (unpaired) electrons. The number of carbonyl (C=O) groups is 1. The molecule has 0 aliphatic heterocycles. The summed E-state index contributed by atoms with van der Waals surface area (Å²) >= 11 is 0. The number of nitrogens with zero attached hydrogens (tertiary/aromatic N) is 3. The first-order valence-electron chi connectivity index (χ1n) is 5.85. The average molecular weight is 260 g/mol. The molecule has 0 bridgehead atoms. The summed E-state index contributed by atoms with van der Waals surface area (Å²) in [6, 6.07) is 1.61. The molecule has 0 aromatic carbocycles. The Morgan fingerprint density at radius 2 is 1.89 bits per heavy atom. The number of nitrogens with one attached hydrogen (secondary N) is 1. The van der Waals surface area contributed by atoms with E-state index in [2.05, 4.69) is 15.3 Å². The van der Waals surface area contributed by atoms with Crippen LogP contribution in [0.4, 0.5) is 11.6 Å². The topological polar surface area (TPSA) is 71.3 Å². The molecule has 0 saturated heterocycles. The Balaban J connectivity index is 2.28. The second kappa shape index (κ2) is 5.09. The maximum atomic E-state index is 12.0. The van der Waals surface area contributed by atoms with Crippen LogP contribution in [0.25, 0.3) is 0 Å². The number of aryl methyl sites for hydroxylation is 2. The standard InChI is InChI=1S/C13H16N4O2/c1-8-11(9(2)15-13(14-8)17(3)4)16-12(18)10-5-6-19-7-10/h5-7H,1-4H3,(H,16,18). The van der Waals surface area contributed by atoms with Gasteiger partial charge in [0, 0.05) is 14.1 Å². The van der Waals surface area contributed by atoms with Gasteiger partial charge in [0.25, 0.3) is 5.91 Å². The van der Waals surface area contributed by atoms with Crippen molar-refractivity contribution in [1.29, 1.82) is 0 Å². The molecule has 0 spiro atoms. The minimum Gasteiger partial charge on any atom is -0.472 e. The maximum Gasteiger partial charge on any atom is 0.259 e. The van der Waals surface area contributed by atoms with Crippen molar-refractivity contribution in [1.82, 2.24) is 9.97 Å². The van der Waals surface area contributed by atoms with E-state index in [9.17, 15) is 4.79 Å². The van der Waals surface area contributed by atoms with E-state index in [4.69, 9.17) is 4.42 Å². The number of hydrogen-bond acceptors (Lipinski definition) is 5. The molecule has 19 heavy (non-hydrogen) atoms. The third-order valence-electron chi connectivity index (χ3n) is 2.68. The minimum absolute atomic E-state index is 0.235. The van der Waals surface area contributed by atoms with E-state index in [1.165, 1.54) is 12.5 Å². The highest BCUT2D eigenvalue weighted by molar-refractivity contribution is 6.04. The van der Waals surface area contributed by atoms with Crippen LogP contribution in [0.2, 0.25) is 0 Å². The molecule has 0 aliphatic carbocycles. The lowest BCUT2D eigenvalue weighted by atomic mass is 10.2. The summed E-state index contributed by atoms with van der Waals surface area (Å²) in [6.07, 6.45) is 2.86. The molecule has 2 rings (SSSR count). The van der Waals surface area contributed by atoms with E-state index in [-0.39, 0.29) is 5.91 Å². The summed E-state index contributed by atoms with van der Waals surface area (Å²) in [6.45, 7) is 3.68. The molecular weight excluding hydrogens is 244 g/mol. The second-order valence-corrected chi connectivity index (χ2v) is 4.43. The molecule has 2 aromatic heterocycles. The van der Waals surface area contributed by atoms with Crippen molar-refractivity contribution in [2.75, 3.05) is 24.3 Å². The summed E-state index contributed by atoms with van der Waals surface area (Å²) in [5.74, 6) is 0.387. The number of carbonyl (C=O) groups excluding carboxylic acids is 1.